The van der Waals surface area contributed by atoms with E-state index in [0.717, 1.165) is 38.3 Å². The zero-order valence-corrected chi connectivity index (χ0v) is 13.0. The van der Waals surface area contributed by atoms with Gasteiger partial charge in [-0.15, -0.1) is 0 Å². The molecule has 0 amide bonds. The van der Waals surface area contributed by atoms with Gasteiger partial charge in [-0.1, -0.05) is 20.3 Å². The molecule has 0 aliphatic carbocycles. The molecular formula is C16H31N3. The van der Waals surface area contributed by atoms with Crippen LogP contribution in [-0.4, -0.2) is 36.6 Å². The highest BCUT2D eigenvalue weighted by Crippen LogP contribution is 2.21. The molecular weight excluding hydrogens is 234 g/mol. The van der Waals surface area contributed by atoms with Crippen LogP contribution < -0.4 is 5.32 Å². The Morgan fingerprint density at radius 3 is 2.79 bits per heavy atom. The fourth-order valence-electron chi connectivity index (χ4n) is 3.00. The van der Waals surface area contributed by atoms with Crippen molar-refractivity contribution in [2.24, 2.45) is 5.92 Å². The van der Waals surface area contributed by atoms with Gasteiger partial charge in [-0.05, 0) is 64.6 Å². The number of likely N-dealkylation sites (tertiary alicyclic amines) is 1. The lowest BCUT2D eigenvalue weighted by Gasteiger charge is -2.24. The number of rotatable bonds is 9. The van der Waals surface area contributed by atoms with Gasteiger partial charge >= 0.3 is 0 Å². The van der Waals surface area contributed by atoms with E-state index in [-0.39, 0.29) is 5.54 Å². The van der Waals surface area contributed by atoms with Crippen LogP contribution in [0.2, 0.25) is 0 Å². The molecule has 1 N–H and O–H groups in total. The molecule has 0 aromatic rings. The summed E-state index contributed by atoms with van der Waals surface area (Å²) in [5.74, 6) is 0.922. The van der Waals surface area contributed by atoms with E-state index in [9.17, 15) is 5.26 Å². The van der Waals surface area contributed by atoms with Crippen LogP contribution in [0.3, 0.4) is 0 Å². The van der Waals surface area contributed by atoms with E-state index < -0.39 is 0 Å². The second-order valence-electron chi connectivity index (χ2n) is 6.22. The summed E-state index contributed by atoms with van der Waals surface area (Å²) in [4.78, 5) is 2.58. The molecule has 1 aliphatic heterocycles. The Morgan fingerprint density at radius 1 is 1.37 bits per heavy atom. The van der Waals surface area contributed by atoms with E-state index in [4.69, 9.17) is 0 Å². The van der Waals surface area contributed by atoms with Crippen LogP contribution in [-0.2, 0) is 0 Å². The fraction of sp³-hybridized carbons (Fsp3) is 0.938. The molecule has 1 heterocycles. The number of nitrogens with one attached hydrogen (secondary N) is 1. The lowest BCUT2D eigenvalue weighted by molar-refractivity contribution is 0.294. The maximum Gasteiger partial charge on any atom is 0.103 e. The van der Waals surface area contributed by atoms with E-state index in [1.54, 1.807) is 0 Å². The third kappa shape index (κ3) is 5.93. The summed E-state index contributed by atoms with van der Waals surface area (Å²) in [5.41, 5.74) is -0.335. The first kappa shape index (κ1) is 16.5. The topological polar surface area (TPSA) is 39.1 Å². The molecule has 19 heavy (non-hydrogen) atoms. The second kappa shape index (κ2) is 8.55. The maximum absolute atomic E-state index is 9.29. The summed E-state index contributed by atoms with van der Waals surface area (Å²) in [7, 11) is 0. The summed E-state index contributed by atoms with van der Waals surface area (Å²) < 4.78 is 0. The van der Waals surface area contributed by atoms with Crippen molar-refractivity contribution in [1.82, 2.24) is 10.2 Å². The first-order valence-electron chi connectivity index (χ1n) is 8.02. The Hall–Kier alpha value is -0.590. The Kier molecular flexibility index (Phi) is 7.41. The van der Waals surface area contributed by atoms with E-state index in [2.05, 4.69) is 30.1 Å². The van der Waals surface area contributed by atoms with Crippen LogP contribution in [0.1, 0.15) is 59.3 Å². The van der Waals surface area contributed by atoms with E-state index in [0.29, 0.717) is 0 Å². The minimum atomic E-state index is -0.335. The largest absolute Gasteiger partial charge is 0.303 e. The van der Waals surface area contributed by atoms with Crippen molar-refractivity contribution in [1.29, 1.82) is 5.26 Å². The number of nitriles is 1. The van der Waals surface area contributed by atoms with E-state index >= 15 is 0 Å². The van der Waals surface area contributed by atoms with Crippen LogP contribution in [0, 0.1) is 17.2 Å². The highest BCUT2D eigenvalue weighted by atomic mass is 15.1. The highest BCUT2D eigenvalue weighted by molar-refractivity contribution is 5.03. The fourth-order valence-corrected chi connectivity index (χ4v) is 3.00. The summed E-state index contributed by atoms with van der Waals surface area (Å²) >= 11 is 0. The minimum Gasteiger partial charge on any atom is -0.303 e. The molecule has 1 aliphatic rings. The molecule has 0 aromatic carbocycles. The normalized spacial score (nSPS) is 23.2. The maximum atomic E-state index is 9.29. The number of nitrogens with zero attached hydrogens (tertiary/aromatic N) is 2. The quantitative estimate of drug-likeness (QED) is 0.696. The lowest BCUT2D eigenvalue weighted by atomic mass is 9.97. The van der Waals surface area contributed by atoms with Gasteiger partial charge in [-0.2, -0.15) is 5.26 Å². The van der Waals surface area contributed by atoms with Crippen LogP contribution in [0.5, 0.6) is 0 Å². The van der Waals surface area contributed by atoms with Crippen LogP contribution >= 0.6 is 0 Å². The van der Waals surface area contributed by atoms with Gasteiger partial charge in [-0.3, -0.25) is 5.32 Å². The molecule has 0 radical (unpaired) electrons. The van der Waals surface area contributed by atoms with Gasteiger partial charge < -0.3 is 4.90 Å². The van der Waals surface area contributed by atoms with Crippen molar-refractivity contribution in [3.63, 3.8) is 0 Å². The van der Waals surface area contributed by atoms with Gasteiger partial charge in [0, 0.05) is 6.54 Å². The molecule has 1 rings (SSSR count). The van der Waals surface area contributed by atoms with Gasteiger partial charge in [-0.25, -0.2) is 0 Å². The van der Waals surface area contributed by atoms with Crippen LogP contribution in [0.4, 0.5) is 0 Å². The van der Waals surface area contributed by atoms with Crippen molar-refractivity contribution in [3.05, 3.63) is 0 Å². The molecule has 3 heteroatoms. The van der Waals surface area contributed by atoms with Gasteiger partial charge in [0.25, 0.3) is 0 Å². The monoisotopic (exact) mass is 265 g/mol. The van der Waals surface area contributed by atoms with Crippen molar-refractivity contribution in [2.75, 3.05) is 26.2 Å². The molecule has 2 atom stereocenters. The SMILES string of the molecule is CCCNC(C)(C#N)CCCN1CCC(CCC)C1. The van der Waals surface area contributed by atoms with Crippen LogP contribution in [0.15, 0.2) is 0 Å². The first-order chi connectivity index (χ1) is 9.13. The Morgan fingerprint density at radius 2 is 2.16 bits per heavy atom. The Balaban J connectivity index is 2.21. The van der Waals surface area contributed by atoms with Gasteiger partial charge in [0.2, 0.25) is 0 Å². The molecule has 110 valence electrons. The van der Waals surface area contributed by atoms with Gasteiger partial charge in [0.1, 0.15) is 5.54 Å². The third-order valence-electron chi connectivity index (χ3n) is 4.23. The number of hydrogen-bond donors (Lipinski definition) is 1. The summed E-state index contributed by atoms with van der Waals surface area (Å²) in [5, 5.41) is 12.7. The molecule has 0 saturated carbocycles. The van der Waals surface area contributed by atoms with E-state index in [1.165, 1.54) is 32.4 Å². The Labute approximate surface area is 119 Å². The average molecular weight is 265 g/mol. The van der Waals surface area contributed by atoms with Crippen molar-refractivity contribution in [2.45, 2.75) is 64.8 Å². The van der Waals surface area contributed by atoms with Crippen molar-refractivity contribution in [3.8, 4) is 6.07 Å². The molecule has 0 spiro atoms. The molecule has 1 saturated heterocycles. The third-order valence-corrected chi connectivity index (χ3v) is 4.23. The standard InChI is InChI=1S/C16H31N3/c1-4-7-15-8-12-19(13-15)11-6-9-16(3,14-17)18-10-5-2/h15,18H,4-13H2,1-3H3. The zero-order valence-electron chi connectivity index (χ0n) is 13.0. The minimum absolute atomic E-state index is 0.335. The lowest BCUT2D eigenvalue weighted by Crippen LogP contribution is -2.41. The highest BCUT2D eigenvalue weighted by Gasteiger charge is 2.24. The van der Waals surface area contributed by atoms with Crippen molar-refractivity contribution < 1.29 is 0 Å². The molecule has 3 nitrogen and oxygen atoms in total. The molecule has 1 fully saturated rings. The van der Waals surface area contributed by atoms with Crippen LogP contribution in [0.25, 0.3) is 0 Å². The number of hydrogen-bond acceptors (Lipinski definition) is 3. The Bertz CT molecular complexity index is 284. The average Bonchev–Trinajstić information content (AvgIpc) is 2.85. The summed E-state index contributed by atoms with van der Waals surface area (Å²) in [6, 6.07) is 2.44. The van der Waals surface area contributed by atoms with Crippen molar-refractivity contribution >= 4 is 0 Å². The predicted octanol–water partition coefficient (Wildman–Crippen LogP) is 3.17. The zero-order chi connectivity index (χ0) is 14.1. The second-order valence-corrected chi connectivity index (χ2v) is 6.22. The summed E-state index contributed by atoms with van der Waals surface area (Å²) in [6.07, 6.45) is 7.23. The van der Waals surface area contributed by atoms with Gasteiger partial charge in [0.15, 0.2) is 0 Å². The predicted molar refractivity (Wildman–Crippen MR) is 81.0 cm³/mol. The molecule has 0 bridgehead atoms. The molecule has 2 unspecified atom stereocenters. The van der Waals surface area contributed by atoms with E-state index in [1.807, 2.05) is 6.92 Å². The summed E-state index contributed by atoms with van der Waals surface area (Å²) in [6.45, 7) is 11.1. The first-order valence-corrected chi connectivity index (χ1v) is 8.02. The molecule has 0 aromatic heterocycles. The smallest absolute Gasteiger partial charge is 0.103 e. The van der Waals surface area contributed by atoms with Gasteiger partial charge in [0.05, 0.1) is 6.07 Å².